The van der Waals surface area contributed by atoms with Crippen LogP contribution in [0.15, 0.2) is 24.4 Å². The molecular formula is C16H21N3S. The molecule has 0 bridgehead atoms. The van der Waals surface area contributed by atoms with Crippen LogP contribution in [0.5, 0.6) is 0 Å². The topological polar surface area (TPSA) is 28.2 Å². The molecule has 1 aromatic carbocycles. The zero-order valence-corrected chi connectivity index (χ0v) is 13.0. The fourth-order valence-electron chi connectivity index (χ4n) is 2.75. The van der Waals surface area contributed by atoms with E-state index in [1.165, 1.54) is 46.1 Å². The number of hydrogen-bond acceptors (Lipinski definition) is 4. The Morgan fingerprint density at radius 1 is 1.35 bits per heavy atom. The van der Waals surface area contributed by atoms with Gasteiger partial charge < -0.3 is 10.2 Å². The third-order valence-electron chi connectivity index (χ3n) is 3.77. The van der Waals surface area contributed by atoms with Crippen molar-refractivity contribution in [2.75, 3.05) is 18.5 Å². The first-order valence-corrected chi connectivity index (χ1v) is 7.99. The molecule has 1 aliphatic heterocycles. The zero-order valence-electron chi connectivity index (χ0n) is 12.1. The molecule has 3 rings (SSSR count). The number of hydrogen-bond donors (Lipinski definition) is 1. The maximum atomic E-state index is 4.38. The monoisotopic (exact) mass is 287 g/mol. The summed E-state index contributed by atoms with van der Waals surface area (Å²) < 4.78 is 0. The molecule has 106 valence electrons. The third kappa shape index (κ3) is 3.02. The van der Waals surface area contributed by atoms with E-state index in [4.69, 9.17) is 0 Å². The molecule has 0 spiro atoms. The van der Waals surface area contributed by atoms with Crippen LogP contribution in [0.1, 0.15) is 27.4 Å². The van der Waals surface area contributed by atoms with Gasteiger partial charge in [0.1, 0.15) is 5.01 Å². The number of nitrogens with zero attached hydrogens (tertiary/aromatic N) is 2. The van der Waals surface area contributed by atoms with E-state index in [-0.39, 0.29) is 0 Å². The Hall–Kier alpha value is -1.39. The van der Waals surface area contributed by atoms with Gasteiger partial charge in [-0.3, -0.25) is 0 Å². The molecule has 0 unspecified atom stereocenters. The standard InChI is InChI=1S/C16H21N3S/c1-12-9-18-16(20-12)11-17-10-13-5-6-15-14(8-13)4-3-7-19(15)2/h5-6,8-9,17H,3-4,7,10-11H2,1-2H3. The molecule has 0 saturated heterocycles. The molecule has 1 N–H and O–H groups in total. The summed E-state index contributed by atoms with van der Waals surface area (Å²) >= 11 is 1.77. The largest absolute Gasteiger partial charge is 0.374 e. The van der Waals surface area contributed by atoms with E-state index >= 15 is 0 Å². The quantitative estimate of drug-likeness (QED) is 0.936. The first-order chi connectivity index (χ1) is 9.72. The molecule has 1 aliphatic rings. The van der Waals surface area contributed by atoms with Crippen LogP contribution in [0.2, 0.25) is 0 Å². The lowest BCUT2D eigenvalue weighted by molar-refractivity contribution is 0.686. The van der Waals surface area contributed by atoms with Crippen molar-refractivity contribution in [1.82, 2.24) is 10.3 Å². The Bertz CT molecular complexity index is 591. The van der Waals surface area contributed by atoms with E-state index in [1.807, 2.05) is 6.20 Å². The van der Waals surface area contributed by atoms with Crippen LogP contribution >= 0.6 is 11.3 Å². The number of rotatable bonds is 4. The van der Waals surface area contributed by atoms with Gasteiger partial charge in [0, 0.05) is 43.4 Å². The van der Waals surface area contributed by atoms with Crippen LogP contribution in [0.4, 0.5) is 5.69 Å². The van der Waals surface area contributed by atoms with Crippen molar-refractivity contribution in [2.45, 2.75) is 32.9 Å². The van der Waals surface area contributed by atoms with Crippen molar-refractivity contribution >= 4 is 17.0 Å². The fourth-order valence-corrected chi connectivity index (χ4v) is 3.50. The number of benzene rings is 1. The number of thiazole rings is 1. The minimum Gasteiger partial charge on any atom is -0.374 e. The first-order valence-electron chi connectivity index (χ1n) is 7.17. The SMILES string of the molecule is Cc1cnc(CNCc2ccc3c(c2)CCCN3C)s1. The molecule has 2 aromatic rings. The second-order valence-electron chi connectivity index (χ2n) is 5.46. The summed E-state index contributed by atoms with van der Waals surface area (Å²) in [7, 11) is 2.18. The molecule has 0 fully saturated rings. The smallest absolute Gasteiger partial charge is 0.107 e. The normalized spacial score (nSPS) is 14.4. The number of aromatic nitrogens is 1. The number of anilines is 1. The Balaban J connectivity index is 1.60. The predicted molar refractivity (Wildman–Crippen MR) is 85.4 cm³/mol. The van der Waals surface area contributed by atoms with E-state index < -0.39 is 0 Å². The molecule has 2 heterocycles. The van der Waals surface area contributed by atoms with E-state index in [1.54, 1.807) is 11.3 Å². The van der Waals surface area contributed by atoms with Gasteiger partial charge in [0.05, 0.1) is 0 Å². The van der Waals surface area contributed by atoms with E-state index in [2.05, 4.69) is 47.4 Å². The van der Waals surface area contributed by atoms with Gasteiger partial charge in [-0.2, -0.15) is 0 Å². The highest BCUT2D eigenvalue weighted by atomic mass is 32.1. The van der Waals surface area contributed by atoms with Crippen LogP contribution in [0.3, 0.4) is 0 Å². The van der Waals surface area contributed by atoms with Crippen LogP contribution in [-0.2, 0) is 19.5 Å². The van der Waals surface area contributed by atoms with Gasteiger partial charge in [0.25, 0.3) is 0 Å². The lowest BCUT2D eigenvalue weighted by atomic mass is 9.99. The van der Waals surface area contributed by atoms with Gasteiger partial charge in [0.15, 0.2) is 0 Å². The Morgan fingerprint density at radius 3 is 3.05 bits per heavy atom. The molecule has 4 heteroatoms. The van der Waals surface area contributed by atoms with Crippen molar-refractivity contribution in [2.24, 2.45) is 0 Å². The first kappa shape index (κ1) is 13.6. The van der Waals surface area contributed by atoms with Gasteiger partial charge in [-0.05, 0) is 37.0 Å². The minimum atomic E-state index is 0.857. The van der Waals surface area contributed by atoms with E-state index in [9.17, 15) is 0 Å². The number of aryl methyl sites for hydroxylation is 2. The lowest BCUT2D eigenvalue weighted by Gasteiger charge is -2.27. The predicted octanol–water partition coefficient (Wildman–Crippen LogP) is 3.12. The van der Waals surface area contributed by atoms with Gasteiger partial charge in [0.2, 0.25) is 0 Å². The summed E-state index contributed by atoms with van der Waals surface area (Å²) in [5, 5.41) is 4.65. The second-order valence-corrected chi connectivity index (χ2v) is 6.78. The van der Waals surface area contributed by atoms with Gasteiger partial charge in [-0.15, -0.1) is 11.3 Å². The highest BCUT2D eigenvalue weighted by Gasteiger charge is 2.13. The summed E-state index contributed by atoms with van der Waals surface area (Å²) in [5.41, 5.74) is 4.26. The van der Waals surface area contributed by atoms with Crippen LogP contribution in [-0.4, -0.2) is 18.6 Å². The van der Waals surface area contributed by atoms with Gasteiger partial charge in [-0.25, -0.2) is 4.98 Å². The summed E-state index contributed by atoms with van der Waals surface area (Å²) in [4.78, 5) is 8.01. The van der Waals surface area contributed by atoms with Crippen molar-refractivity contribution in [3.63, 3.8) is 0 Å². The highest BCUT2D eigenvalue weighted by Crippen LogP contribution is 2.26. The number of fused-ring (bicyclic) bond motifs is 1. The molecule has 3 nitrogen and oxygen atoms in total. The Morgan fingerprint density at radius 2 is 2.25 bits per heavy atom. The summed E-state index contributed by atoms with van der Waals surface area (Å²) in [5.74, 6) is 0. The van der Waals surface area contributed by atoms with E-state index in [0.717, 1.165) is 13.1 Å². The number of nitrogens with one attached hydrogen (secondary N) is 1. The fraction of sp³-hybridized carbons (Fsp3) is 0.438. The average molecular weight is 287 g/mol. The Kier molecular flexibility index (Phi) is 4.03. The highest BCUT2D eigenvalue weighted by molar-refractivity contribution is 7.11. The van der Waals surface area contributed by atoms with Crippen LogP contribution in [0, 0.1) is 6.92 Å². The third-order valence-corrected chi connectivity index (χ3v) is 4.68. The van der Waals surface area contributed by atoms with Crippen molar-refractivity contribution in [3.05, 3.63) is 45.4 Å². The average Bonchev–Trinajstić information content (AvgIpc) is 2.85. The maximum absolute atomic E-state index is 4.38. The minimum absolute atomic E-state index is 0.857. The molecule has 1 aromatic heterocycles. The van der Waals surface area contributed by atoms with Crippen LogP contribution < -0.4 is 10.2 Å². The van der Waals surface area contributed by atoms with Crippen molar-refractivity contribution in [3.8, 4) is 0 Å². The molecule has 0 radical (unpaired) electrons. The summed E-state index contributed by atoms with van der Waals surface area (Å²) in [6.07, 6.45) is 4.41. The molecule has 0 amide bonds. The lowest BCUT2D eigenvalue weighted by Crippen LogP contribution is -2.24. The Labute approximate surface area is 124 Å². The summed E-state index contributed by atoms with van der Waals surface area (Å²) in [6, 6.07) is 6.85. The van der Waals surface area contributed by atoms with E-state index in [0.29, 0.717) is 0 Å². The molecule has 0 aliphatic carbocycles. The molecular weight excluding hydrogens is 266 g/mol. The van der Waals surface area contributed by atoms with Crippen molar-refractivity contribution in [1.29, 1.82) is 0 Å². The van der Waals surface area contributed by atoms with Crippen molar-refractivity contribution < 1.29 is 0 Å². The van der Waals surface area contributed by atoms with Crippen LogP contribution in [0.25, 0.3) is 0 Å². The van der Waals surface area contributed by atoms with Gasteiger partial charge in [-0.1, -0.05) is 12.1 Å². The maximum Gasteiger partial charge on any atom is 0.107 e. The molecule has 0 atom stereocenters. The molecule has 0 saturated carbocycles. The van der Waals surface area contributed by atoms with Gasteiger partial charge >= 0.3 is 0 Å². The molecule has 20 heavy (non-hydrogen) atoms. The summed E-state index contributed by atoms with van der Waals surface area (Å²) in [6.45, 7) is 5.04. The zero-order chi connectivity index (χ0) is 13.9. The second kappa shape index (κ2) is 5.94.